The van der Waals surface area contributed by atoms with Crippen molar-refractivity contribution in [3.8, 4) is 0 Å². The molecule has 0 bridgehead atoms. The highest BCUT2D eigenvalue weighted by Crippen LogP contribution is 2.27. The summed E-state index contributed by atoms with van der Waals surface area (Å²) in [6, 6.07) is 0.710. The van der Waals surface area contributed by atoms with E-state index in [1.54, 1.807) is 0 Å². The zero-order chi connectivity index (χ0) is 13.0. The van der Waals surface area contributed by atoms with Crippen LogP contribution in [0.25, 0.3) is 0 Å². The van der Waals surface area contributed by atoms with Crippen LogP contribution in [0.15, 0.2) is 0 Å². The molecule has 102 valence electrons. The number of carbonyl (C=O) groups excluding carboxylic acids is 1. The highest BCUT2D eigenvalue weighted by Gasteiger charge is 2.32. The largest absolute Gasteiger partial charge is 0.481 e. The summed E-state index contributed by atoms with van der Waals surface area (Å²) in [5, 5.41) is 11.3. The summed E-state index contributed by atoms with van der Waals surface area (Å²) in [6.45, 7) is 3.93. The van der Waals surface area contributed by atoms with Gasteiger partial charge in [-0.05, 0) is 19.3 Å². The molecule has 0 unspecified atom stereocenters. The summed E-state index contributed by atoms with van der Waals surface area (Å²) < 4.78 is 0. The third kappa shape index (κ3) is 3.87. The maximum Gasteiger partial charge on any atom is 0.317 e. The maximum atomic E-state index is 11.8. The fraction of sp³-hybridized carbons (Fsp3) is 0.833. The average Bonchev–Trinajstić information content (AvgIpc) is 3.18. The Morgan fingerprint density at radius 3 is 2.39 bits per heavy atom. The molecule has 0 spiro atoms. The first-order valence-electron chi connectivity index (χ1n) is 6.65. The number of urea groups is 1. The van der Waals surface area contributed by atoms with Crippen molar-refractivity contribution < 1.29 is 14.7 Å². The van der Waals surface area contributed by atoms with Crippen LogP contribution in [0.2, 0.25) is 0 Å². The Hall–Kier alpha value is -1.30. The number of piperazine rings is 1. The normalized spacial score (nSPS) is 20.8. The molecular weight excluding hydrogens is 234 g/mol. The van der Waals surface area contributed by atoms with Crippen LogP contribution in [0.5, 0.6) is 0 Å². The van der Waals surface area contributed by atoms with E-state index < -0.39 is 5.97 Å². The van der Waals surface area contributed by atoms with E-state index in [0.29, 0.717) is 13.0 Å². The second kappa shape index (κ2) is 6.04. The van der Waals surface area contributed by atoms with Gasteiger partial charge in [0.2, 0.25) is 0 Å². The molecule has 18 heavy (non-hydrogen) atoms. The number of aliphatic carboxylic acids is 1. The van der Waals surface area contributed by atoms with Crippen LogP contribution in [-0.4, -0.2) is 65.7 Å². The van der Waals surface area contributed by atoms with E-state index >= 15 is 0 Å². The predicted molar refractivity (Wildman–Crippen MR) is 66.4 cm³/mol. The van der Waals surface area contributed by atoms with Crippen molar-refractivity contribution >= 4 is 12.0 Å². The highest BCUT2D eigenvalue weighted by molar-refractivity contribution is 5.74. The van der Waals surface area contributed by atoms with Gasteiger partial charge in [0.1, 0.15) is 0 Å². The number of amides is 2. The molecule has 2 rings (SSSR count). The minimum atomic E-state index is -0.817. The summed E-state index contributed by atoms with van der Waals surface area (Å²) in [5.41, 5.74) is 0. The van der Waals surface area contributed by atoms with Gasteiger partial charge in [0.05, 0.1) is 0 Å². The van der Waals surface area contributed by atoms with Gasteiger partial charge in [0.25, 0.3) is 0 Å². The molecule has 0 atom stereocenters. The first-order valence-corrected chi connectivity index (χ1v) is 6.65. The minimum absolute atomic E-state index is 0.0594. The van der Waals surface area contributed by atoms with E-state index in [0.717, 1.165) is 32.2 Å². The van der Waals surface area contributed by atoms with E-state index in [2.05, 4.69) is 10.2 Å². The van der Waals surface area contributed by atoms with Crippen LogP contribution in [0.3, 0.4) is 0 Å². The van der Waals surface area contributed by atoms with Crippen LogP contribution in [0.1, 0.15) is 25.7 Å². The first-order chi connectivity index (χ1) is 8.66. The van der Waals surface area contributed by atoms with Gasteiger partial charge >= 0.3 is 12.0 Å². The van der Waals surface area contributed by atoms with Gasteiger partial charge in [-0.15, -0.1) is 0 Å². The summed E-state index contributed by atoms with van der Waals surface area (Å²) in [7, 11) is 0. The topological polar surface area (TPSA) is 72.9 Å². The number of hydrogen-bond acceptors (Lipinski definition) is 3. The Labute approximate surface area is 107 Å². The van der Waals surface area contributed by atoms with Gasteiger partial charge in [0, 0.05) is 45.2 Å². The van der Waals surface area contributed by atoms with Crippen molar-refractivity contribution in [1.82, 2.24) is 15.1 Å². The summed E-state index contributed by atoms with van der Waals surface area (Å²) in [5.74, 6) is -0.817. The lowest BCUT2D eigenvalue weighted by molar-refractivity contribution is -0.137. The van der Waals surface area contributed by atoms with E-state index in [1.165, 1.54) is 12.8 Å². The summed E-state index contributed by atoms with van der Waals surface area (Å²) >= 11 is 0. The van der Waals surface area contributed by atoms with E-state index in [4.69, 9.17) is 5.11 Å². The number of carbonyl (C=O) groups is 2. The molecule has 2 aliphatic rings. The van der Waals surface area contributed by atoms with Crippen LogP contribution < -0.4 is 5.32 Å². The number of hydrogen-bond donors (Lipinski definition) is 2. The lowest BCUT2D eigenvalue weighted by atomic mass is 10.3. The number of nitrogens with one attached hydrogen (secondary N) is 1. The molecule has 2 N–H and O–H groups in total. The van der Waals surface area contributed by atoms with Gasteiger partial charge < -0.3 is 15.3 Å². The molecular formula is C12H21N3O3. The zero-order valence-electron chi connectivity index (χ0n) is 10.6. The molecule has 1 aliphatic heterocycles. The van der Waals surface area contributed by atoms with Crippen molar-refractivity contribution in [3.05, 3.63) is 0 Å². The highest BCUT2D eigenvalue weighted by atomic mass is 16.4. The Morgan fingerprint density at radius 2 is 1.83 bits per heavy atom. The monoisotopic (exact) mass is 255 g/mol. The lowest BCUT2D eigenvalue weighted by Crippen LogP contribution is -2.52. The second-order valence-corrected chi connectivity index (χ2v) is 4.98. The molecule has 1 heterocycles. The quantitative estimate of drug-likeness (QED) is 0.695. The number of carboxylic acids is 1. The van der Waals surface area contributed by atoms with Crippen LogP contribution >= 0.6 is 0 Å². The predicted octanol–water partition coefficient (Wildman–Crippen LogP) is 0.341. The van der Waals surface area contributed by atoms with Crippen molar-refractivity contribution in [2.75, 3.05) is 32.7 Å². The molecule has 0 aromatic carbocycles. The molecule has 0 aromatic rings. The molecule has 6 nitrogen and oxygen atoms in total. The minimum Gasteiger partial charge on any atom is -0.481 e. The molecule has 1 saturated heterocycles. The third-order valence-electron chi connectivity index (χ3n) is 3.51. The van der Waals surface area contributed by atoms with Crippen LogP contribution in [0, 0.1) is 0 Å². The average molecular weight is 255 g/mol. The Bertz CT molecular complexity index is 310. The van der Waals surface area contributed by atoms with Gasteiger partial charge in [-0.1, -0.05) is 0 Å². The van der Waals surface area contributed by atoms with Gasteiger partial charge in [0.15, 0.2) is 0 Å². The second-order valence-electron chi connectivity index (χ2n) is 4.98. The summed E-state index contributed by atoms with van der Waals surface area (Å²) in [4.78, 5) is 26.4. The fourth-order valence-electron chi connectivity index (χ4n) is 2.28. The van der Waals surface area contributed by atoms with Gasteiger partial charge in [-0.3, -0.25) is 9.69 Å². The SMILES string of the molecule is O=C(O)CCCNC(=O)N1CCN(C2CC2)CC1. The molecule has 0 radical (unpaired) electrons. The zero-order valence-corrected chi connectivity index (χ0v) is 10.6. The molecule has 1 aliphatic carbocycles. The van der Waals surface area contributed by atoms with Crippen LogP contribution in [-0.2, 0) is 4.79 Å². The lowest BCUT2D eigenvalue weighted by Gasteiger charge is -2.34. The van der Waals surface area contributed by atoms with E-state index in [1.807, 2.05) is 4.90 Å². The Morgan fingerprint density at radius 1 is 1.17 bits per heavy atom. The third-order valence-corrected chi connectivity index (χ3v) is 3.51. The standard InChI is InChI=1S/C12H21N3O3/c16-11(17)2-1-5-13-12(18)15-8-6-14(7-9-15)10-3-4-10/h10H,1-9H2,(H,13,18)(H,16,17). The Kier molecular flexibility index (Phi) is 4.41. The molecule has 6 heteroatoms. The van der Waals surface area contributed by atoms with Crippen LogP contribution in [0.4, 0.5) is 4.79 Å². The van der Waals surface area contributed by atoms with Crippen molar-refractivity contribution in [2.24, 2.45) is 0 Å². The molecule has 2 fully saturated rings. The van der Waals surface area contributed by atoms with Gasteiger partial charge in [-0.2, -0.15) is 0 Å². The molecule has 0 aromatic heterocycles. The first kappa shape index (κ1) is 13.1. The van der Waals surface area contributed by atoms with E-state index in [9.17, 15) is 9.59 Å². The van der Waals surface area contributed by atoms with E-state index in [-0.39, 0.29) is 12.5 Å². The van der Waals surface area contributed by atoms with Crippen molar-refractivity contribution in [3.63, 3.8) is 0 Å². The molecule has 2 amide bonds. The van der Waals surface area contributed by atoms with Gasteiger partial charge in [-0.25, -0.2) is 4.79 Å². The maximum absolute atomic E-state index is 11.8. The summed E-state index contributed by atoms with van der Waals surface area (Å²) in [6.07, 6.45) is 3.21. The fourth-order valence-corrected chi connectivity index (χ4v) is 2.28. The number of carboxylic acid groups (broad SMARTS) is 1. The number of rotatable bonds is 5. The number of nitrogens with zero attached hydrogens (tertiary/aromatic N) is 2. The van der Waals surface area contributed by atoms with Crippen molar-refractivity contribution in [2.45, 2.75) is 31.7 Å². The smallest absolute Gasteiger partial charge is 0.317 e. The Balaban J connectivity index is 1.59. The molecule has 1 saturated carbocycles. The van der Waals surface area contributed by atoms with Crippen molar-refractivity contribution in [1.29, 1.82) is 0 Å².